The first-order chi connectivity index (χ1) is 9.93. The third-order valence-corrected chi connectivity index (χ3v) is 4.71. The molecule has 0 unspecified atom stereocenters. The van der Waals surface area contributed by atoms with Crippen molar-refractivity contribution in [1.29, 1.82) is 0 Å². The van der Waals surface area contributed by atoms with Crippen molar-refractivity contribution in [3.63, 3.8) is 0 Å². The van der Waals surface area contributed by atoms with E-state index in [1.807, 2.05) is 0 Å². The lowest BCUT2D eigenvalue weighted by molar-refractivity contribution is -0.138. The van der Waals surface area contributed by atoms with E-state index in [0.717, 1.165) is 26.1 Å². The molecule has 3 aliphatic heterocycles. The number of piperidine rings is 1. The van der Waals surface area contributed by atoms with Crippen LogP contribution in [0, 0.1) is 5.92 Å². The third-order valence-electron chi connectivity index (χ3n) is 4.71. The first-order valence-corrected chi connectivity index (χ1v) is 7.51. The highest BCUT2D eigenvalue weighted by Gasteiger charge is 2.36. The standard InChI is InChI=1S/C16H21F3N2/c1-20-8-12-6-7-14(11-20)21(9-12)10-13-4-2-3-5-15(13)16(17,18)19/h2-5,12,14H,6-11H2,1H3/t12-,14+/m0/s1. The summed E-state index contributed by atoms with van der Waals surface area (Å²) in [4.78, 5) is 4.57. The zero-order valence-corrected chi connectivity index (χ0v) is 12.2. The lowest BCUT2D eigenvalue weighted by Crippen LogP contribution is -2.43. The number of rotatable bonds is 2. The Bertz CT molecular complexity index is 501. The smallest absolute Gasteiger partial charge is 0.304 e. The van der Waals surface area contributed by atoms with E-state index in [-0.39, 0.29) is 0 Å². The van der Waals surface area contributed by atoms with Gasteiger partial charge in [-0.25, -0.2) is 0 Å². The van der Waals surface area contributed by atoms with Gasteiger partial charge in [-0.05, 0) is 37.4 Å². The van der Waals surface area contributed by atoms with Gasteiger partial charge in [0.2, 0.25) is 0 Å². The molecule has 0 saturated carbocycles. The highest BCUT2D eigenvalue weighted by molar-refractivity contribution is 5.29. The Morgan fingerprint density at radius 1 is 1.10 bits per heavy atom. The van der Waals surface area contributed by atoms with Crippen molar-refractivity contribution in [3.05, 3.63) is 35.4 Å². The highest BCUT2D eigenvalue weighted by Crippen LogP contribution is 2.34. The van der Waals surface area contributed by atoms with E-state index >= 15 is 0 Å². The van der Waals surface area contributed by atoms with Crippen molar-refractivity contribution >= 4 is 0 Å². The van der Waals surface area contributed by atoms with Gasteiger partial charge in [-0.3, -0.25) is 4.90 Å². The molecular weight excluding hydrogens is 277 g/mol. The average Bonchev–Trinajstić information content (AvgIpc) is 2.67. The summed E-state index contributed by atoms with van der Waals surface area (Å²) in [5.41, 5.74) is -0.0846. The first-order valence-electron chi connectivity index (χ1n) is 7.51. The molecule has 3 heterocycles. The maximum atomic E-state index is 13.1. The predicted molar refractivity (Wildman–Crippen MR) is 75.9 cm³/mol. The van der Waals surface area contributed by atoms with Crippen molar-refractivity contribution in [2.24, 2.45) is 5.92 Å². The minimum absolute atomic E-state index is 0.384. The minimum Gasteiger partial charge on any atom is -0.304 e. The molecule has 0 N–H and O–H groups in total. The van der Waals surface area contributed by atoms with Crippen molar-refractivity contribution in [2.45, 2.75) is 31.6 Å². The van der Waals surface area contributed by atoms with Crippen molar-refractivity contribution in [3.8, 4) is 0 Å². The zero-order valence-electron chi connectivity index (χ0n) is 12.2. The van der Waals surface area contributed by atoms with Gasteiger partial charge < -0.3 is 4.90 Å². The van der Waals surface area contributed by atoms with Crippen LogP contribution in [-0.2, 0) is 12.7 Å². The summed E-state index contributed by atoms with van der Waals surface area (Å²) in [6, 6.07) is 6.36. The Morgan fingerprint density at radius 2 is 1.86 bits per heavy atom. The van der Waals surface area contributed by atoms with Crippen molar-refractivity contribution in [1.82, 2.24) is 9.80 Å². The number of benzene rings is 1. The maximum absolute atomic E-state index is 13.1. The molecule has 2 nitrogen and oxygen atoms in total. The largest absolute Gasteiger partial charge is 0.416 e. The van der Waals surface area contributed by atoms with Gasteiger partial charge >= 0.3 is 6.18 Å². The molecule has 21 heavy (non-hydrogen) atoms. The van der Waals surface area contributed by atoms with Crippen LogP contribution in [0.15, 0.2) is 24.3 Å². The van der Waals surface area contributed by atoms with E-state index < -0.39 is 11.7 Å². The molecule has 0 aromatic heterocycles. The summed E-state index contributed by atoms with van der Waals surface area (Å²) >= 11 is 0. The maximum Gasteiger partial charge on any atom is 0.416 e. The van der Waals surface area contributed by atoms with Crippen LogP contribution in [-0.4, -0.2) is 42.5 Å². The van der Waals surface area contributed by atoms with Gasteiger partial charge in [-0.15, -0.1) is 0 Å². The van der Waals surface area contributed by atoms with Gasteiger partial charge in [-0.2, -0.15) is 13.2 Å². The Morgan fingerprint density at radius 3 is 2.62 bits per heavy atom. The van der Waals surface area contributed by atoms with Crippen LogP contribution in [0.25, 0.3) is 0 Å². The SMILES string of the molecule is CN1C[C@@H]2CC[C@H](C1)N(Cc1ccccc1C(F)(F)F)C2. The number of hydrogen-bond donors (Lipinski definition) is 0. The Balaban J connectivity index is 1.81. The van der Waals surface area contributed by atoms with E-state index in [9.17, 15) is 13.2 Å². The van der Waals surface area contributed by atoms with Gasteiger partial charge in [0.25, 0.3) is 0 Å². The molecular formula is C16H21F3N2. The van der Waals surface area contributed by atoms with Crippen LogP contribution >= 0.6 is 0 Å². The molecule has 2 bridgehead atoms. The average molecular weight is 298 g/mol. The molecule has 5 heteroatoms. The Labute approximate surface area is 123 Å². The highest BCUT2D eigenvalue weighted by atomic mass is 19.4. The van der Waals surface area contributed by atoms with Crippen LogP contribution < -0.4 is 0 Å². The molecule has 3 saturated heterocycles. The summed E-state index contributed by atoms with van der Waals surface area (Å²) in [5.74, 6) is 0.590. The second-order valence-electron chi connectivity index (χ2n) is 6.40. The van der Waals surface area contributed by atoms with E-state index in [0.29, 0.717) is 24.1 Å². The third kappa shape index (κ3) is 3.24. The summed E-state index contributed by atoms with van der Waals surface area (Å²) < 4.78 is 39.3. The lowest BCUT2D eigenvalue weighted by Gasteiger charge is -2.36. The van der Waals surface area contributed by atoms with E-state index in [4.69, 9.17) is 0 Å². The fourth-order valence-corrected chi connectivity index (χ4v) is 3.76. The van der Waals surface area contributed by atoms with Crippen molar-refractivity contribution < 1.29 is 13.2 Å². The van der Waals surface area contributed by atoms with Gasteiger partial charge in [0.05, 0.1) is 5.56 Å². The Hall–Kier alpha value is -1.07. The molecule has 3 aliphatic rings. The van der Waals surface area contributed by atoms with Crippen molar-refractivity contribution in [2.75, 3.05) is 26.7 Å². The second-order valence-corrected chi connectivity index (χ2v) is 6.40. The molecule has 0 spiro atoms. The topological polar surface area (TPSA) is 6.48 Å². The summed E-state index contributed by atoms with van der Waals surface area (Å²) in [5, 5.41) is 0. The van der Waals surface area contributed by atoms with Gasteiger partial charge in [-0.1, -0.05) is 18.2 Å². The fraction of sp³-hybridized carbons (Fsp3) is 0.625. The number of hydrogen-bond acceptors (Lipinski definition) is 2. The van der Waals surface area contributed by atoms with Crippen LogP contribution in [0.3, 0.4) is 0 Å². The molecule has 116 valence electrons. The quantitative estimate of drug-likeness (QED) is 0.827. The molecule has 0 amide bonds. The van der Waals surface area contributed by atoms with Crippen LogP contribution in [0.5, 0.6) is 0 Å². The second kappa shape index (κ2) is 5.61. The Kier molecular flexibility index (Phi) is 3.97. The molecule has 2 atom stereocenters. The lowest BCUT2D eigenvalue weighted by atomic mass is 9.94. The van der Waals surface area contributed by atoms with Crippen LogP contribution in [0.1, 0.15) is 24.0 Å². The fourth-order valence-electron chi connectivity index (χ4n) is 3.76. The summed E-state index contributed by atoms with van der Waals surface area (Å²) in [6.45, 7) is 3.35. The summed E-state index contributed by atoms with van der Waals surface area (Å²) in [7, 11) is 2.11. The molecule has 0 radical (unpaired) electrons. The normalized spacial score (nSPS) is 27.8. The number of nitrogens with zero attached hydrogens (tertiary/aromatic N) is 2. The predicted octanol–water partition coefficient (Wildman–Crippen LogP) is 3.23. The van der Waals surface area contributed by atoms with Gasteiger partial charge in [0, 0.05) is 32.2 Å². The molecule has 0 aliphatic carbocycles. The number of fused-ring (bicyclic) bond motifs is 4. The van der Waals surface area contributed by atoms with Gasteiger partial charge in [0.15, 0.2) is 0 Å². The van der Waals surface area contributed by atoms with Gasteiger partial charge in [0.1, 0.15) is 0 Å². The summed E-state index contributed by atoms with van der Waals surface area (Å²) in [6.07, 6.45) is -1.96. The van der Waals surface area contributed by atoms with Crippen LogP contribution in [0.2, 0.25) is 0 Å². The molecule has 1 aromatic carbocycles. The monoisotopic (exact) mass is 298 g/mol. The van der Waals surface area contributed by atoms with Crippen LogP contribution in [0.4, 0.5) is 13.2 Å². The number of halogens is 3. The molecule has 4 rings (SSSR count). The minimum atomic E-state index is -4.27. The molecule has 3 fully saturated rings. The zero-order chi connectivity index (χ0) is 15.0. The number of likely N-dealkylation sites (N-methyl/N-ethyl adjacent to an activating group) is 1. The van der Waals surface area contributed by atoms with E-state index in [2.05, 4.69) is 16.8 Å². The molecule has 1 aromatic rings. The number of alkyl halides is 3. The van der Waals surface area contributed by atoms with E-state index in [1.54, 1.807) is 12.1 Å². The van der Waals surface area contributed by atoms with E-state index in [1.165, 1.54) is 18.6 Å². The first kappa shape index (κ1) is 14.9.